The van der Waals surface area contributed by atoms with Crippen LogP contribution in [0.4, 0.5) is 13.2 Å². The maximum Gasteiger partial charge on any atom is 0.405 e. The van der Waals surface area contributed by atoms with Crippen LogP contribution in [0.1, 0.15) is 19.8 Å². The molecule has 0 aromatic rings. The van der Waals surface area contributed by atoms with Gasteiger partial charge in [-0.3, -0.25) is 4.79 Å². The van der Waals surface area contributed by atoms with Gasteiger partial charge in [0.2, 0.25) is 5.91 Å². The lowest BCUT2D eigenvalue weighted by molar-refractivity contribution is -0.139. The van der Waals surface area contributed by atoms with E-state index < -0.39 is 24.7 Å². The van der Waals surface area contributed by atoms with Crippen molar-refractivity contribution in [3.05, 3.63) is 0 Å². The van der Waals surface area contributed by atoms with Gasteiger partial charge in [0, 0.05) is 12.6 Å². The largest absolute Gasteiger partial charge is 0.405 e. The normalized spacial score (nSPS) is 32.1. The predicted molar refractivity (Wildman–Crippen MR) is 64.6 cm³/mol. The van der Waals surface area contributed by atoms with E-state index in [2.05, 4.69) is 10.2 Å². The quantitative estimate of drug-likeness (QED) is 0.798. The number of alkyl halides is 3. The number of carbonyl (C=O) groups is 1. The summed E-state index contributed by atoms with van der Waals surface area (Å²) in [6, 6.07) is -0.373. The molecule has 3 aliphatic heterocycles. The van der Waals surface area contributed by atoms with Crippen LogP contribution in [0.15, 0.2) is 0 Å². The Hall–Kier alpha value is -0.820. The second kappa shape index (κ2) is 5.66. The van der Waals surface area contributed by atoms with E-state index in [1.54, 1.807) is 6.92 Å². The van der Waals surface area contributed by atoms with E-state index in [4.69, 9.17) is 0 Å². The molecule has 7 heteroatoms. The Balaban J connectivity index is 1.77. The number of halogens is 3. The minimum Gasteiger partial charge on any atom is -0.346 e. The fourth-order valence-corrected chi connectivity index (χ4v) is 2.89. The number of carbonyl (C=O) groups excluding carboxylic acids is 1. The summed E-state index contributed by atoms with van der Waals surface area (Å²) in [4.78, 5) is 13.9. The molecule has 110 valence electrons. The van der Waals surface area contributed by atoms with E-state index in [9.17, 15) is 18.0 Å². The van der Waals surface area contributed by atoms with E-state index in [-0.39, 0.29) is 6.04 Å². The predicted octanol–water partition coefficient (Wildman–Crippen LogP) is 0.737. The minimum atomic E-state index is -4.36. The maximum absolute atomic E-state index is 12.0. The van der Waals surface area contributed by atoms with Gasteiger partial charge >= 0.3 is 6.18 Å². The second-order valence-corrected chi connectivity index (χ2v) is 5.47. The Morgan fingerprint density at radius 3 is 2.47 bits per heavy atom. The number of amides is 1. The molecule has 2 N–H and O–H groups in total. The molecule has 3 aliphatic rings. The Bertz CT molecular complexity index is 327. The number of piperidine rings is 3. The highest BCUT2D eigenvalue weighted by atomic mass is 19.4. The zero-order chi connectivity index (χ0) is 14.0. The van der Waals surface area contributed by atoms with E-state index in [1.807, 2.05) is 5.32 Å². The van der Waals surface area contributed by atoms with Gasteiger partial charge in [-0.25, -0.2) is 0 Å². The first-order valence-corrected chi connectivity index (χ1v) is 6.68. The number of fused-ring (bicyclic) bond motifs is 3. The molecule has 1 amide bonds. The molecule has 0 aliphatic carbocycles. The first kappa shape index (κ1) is 14.6. The number of nitrogens with zero attached hydrogens (tertiary/aromatic N) is 1. The van der Waals surface area contributed by atoms with Crippen LogP contribution in [0.3, 0.4) is 0 Å². The zero-order valence-electron chi connectivity index (χ0n) is 11.0. The van der Waals surface area contributed by atoms with Crippen molar-refractivity contribution in [2.45, 2.75) is 38.0 Å². The van der Waals surface area contributed by atoms with Gasteiger partial charge in [-0.2, -0.15) is 13.2 Å². The summed E-state index contributed by atoms with van der Waals surface area (Å²) in [5, 5.41) is 5.08. The van der Waals surface area contributed by atoms with Gasteiger partial charge in [0.1, 0.15) is 6.54 Å². The molecule has 19 heavy (non-hydrogen) atoms. The van der Waals surface area contributed by atoms with Crippen LogP contribution in [0, 0.1) is 5.92 Å². The van der Waals surface area contributed by atoms with Crippen LogP contribution >= 0.6 is 0 Å². The van der Waals surface area contributed by atoms with E-state index in [1.165, 1.54) is 0 Å². The average Bonchev–Trinajstić information content (AvgIpc) is 2.36. The number of rotatable bonds is 4. The first-order valence-electron chi connectivity index (χ1n) is 6.68. The molecule has 0 aromatic heterocycles. The molecule has 3 saturated heterocycles. The molecule has 0 spiro atoms. The molecule has 3 fully saturated rings. The molecule has 3 rings (SSSR count). The lowest BCUT2D eigenvalue weighted by Crippen LogP contribution is -2.59. The van der Waals surface area contributed by atoms with Crippen molar-refractivity contribution in [3.63, 3.8) is 0 Å². The summed E-state index contributed by atoms with van der Waals surface area (Å²) < 4.78 is 36.1. The van der Waals surface area contributed by atoms with Gasteiger partial charge in [-0.15, -0.1) is 0 Å². The van der Waals surface area contributed by atoms with Crippen molar-refractivity contribution in [1.29, 1.82) is 0 Å². The van der Waals surface area contributed by atoms with E-state index in [0.717, 1.165) is 32.5 Å². The highest BCUT2D eigenvalue weighted by molar-refractivity contribution is 5.81. The van der Waals surface area contributed by atoms with Gasteiger partial charge in [0.25, 0.3) is 0 Å². The van der Waals surface area contributed by atoms with Crippen LogP contribution in [0.5, 0.6) is 0 Å². The Morgan fingerprint density at radius 2 is 2.00 bits per heavy atom. The molecule has 4 nitrogen and oxygen atoms in total. The maximum atomic E-state index is 12.0. The molecular formula is C12H20F3N3O. The summed E-state index contributed by atoms with van der Waals surface area (Å²) in [5.74, 6) is -0.0448. The van der Waals surface area contributed by atoms with Crippen LogP contribution in [-0.2, 0) is 4.79 Å². The molecular weight excluding hydrogens is 259 g/mol. The van der Waals surface area contributed by atoms with Gasteiger partial charge < -0.3 is 15.5 Å². The second-order valence-electron chi connectivity index (χ2n) is 5.47. The molecule has 0 aromatic carbocycles. The lowest BCUT2D eigenvalue weighted by atomic mass is 9.83. The summed E-state index contributed by atoms with van der Waals surface area (Å²) >= 11 is 0. The topological polar surface area (TPSA) is 44.4 Å². The Labute approximate surface area is 110 Å². The molecule has 0 radical (unpaired) electrons. The molecule has 3 heterocycles. The summed E-state index contributed by atoms with van der Waals surface area (Å²) in [6.07, 6.45) is -2.14. The summed E-state index contributed by atoms with van der Waals surface area (Å²) in [6.45, 7) is 3.43. The standard InChI is InChI=1S/C12H20F3N3O/c1-8(11(19)16-7-12(13,14)15)17-10-6-18-4-2-9(10)3-5-18/h8-10,17H,2-7H2,1H3,(H,16,19). The highest BCUT2D eigenvalue weighted by Crippen LogP contribution is 2.27. The van der Waals surface area contributed by atoms with Crippen LogP contribution in [0.25, 0.3) is 0 Å². The van der Waals surface area contributed by atoms with E-state index in [0.29, 0.717) is 5.92 Å². The van der Waals surface area contributed by atoms with Gasteiger partial charge in [-0.05, 0) is 38.8 Å². The smallest absolute Gasteiger partial charge is 0.346 e. The number of hydrogen-bond acceptors (Lipinski definition) is 3. The van der Waals surface area contributed by atoms with Crippen molar-refractivity contribution in [2.75, 3.05) is 26.2 Å². The van der Waals surface area contributed by atoms with Crippen molar-refractivity contribution in [3.8, 4) is 0 Å². The van der Waals surface area contributed by atoms with Gasteiger partial charge in [-0.1, -0.05) is 0 Å². The van der Waals surface area contributed by atoms with Gasteiger partial charge in [0.05, 0.1) is 6.04 Å². The fraction of sp³-hybridized carbons (Fsp3) is 0.917. The average molecular weight is 279 g/mol. The summed E-state index contributed by atoms with van der Waals surface area (Å²) in [5.41, 5.74) is 0. The van der Waals surface area contributed by atoms with Crippen LogP contribution in [-0.4, -0.2) is 55.2 Å². The van der Waals surface area contributed by atoms with Crippen molar-refractivity contribution >= 4 is 5.91 Å². The highest BCUT2D eigenvalue weighted by Gasteiger charge is 2.35. The van der Waals surface area contributed by atoms with Crippen molar-refractivity contribution in [2.24, 2.45) is 5.92 Å². The van der Waals surface area contributed by atoms with Crippen LogP contribution < -0.4 is 10.6 Å². The summed E-state index contributed by atoms with van der Waals surface area (Å²) in [7, 11) is 0. The Morgan fingerprint density at radius 1 is 1.37 bits per heavy atom. The molecule has 2 atom stereocenters. The van der Waals surface area contributed by atoms with E-state index >= 15 is 0 Å². The number of nitrogens with one attached hydrogen (secondary N) is 2. The SMILES string of the molecule is CC(NC1CN2CCC1CC2)C(=O)NCC(F)(F)F. The molecule has 0 saturated carbocycles. The molecule has 2 unspecified atom stereocenters. The fourth-order valence-electron chi connectivity index (χ4n) is 2.89. The first-order chi connectivity index (χ1) is 8.85. The van der Waals surface area contributed by atoms with Crippen molar-refractivity contribution in [1.82, 2.24) is 15.5 Å². The third-order valence-corrected chi connectivity index (χ3v) is 3.98. The minimum absolute atomic E-state index is 0.217. The monoisotopic (exact) mass is 279 g/mol. The number of hydrogen-bond donors (Lipinski definition) is 2. The lowest BCUT2D eigenvalue weighted by Gasteiger charge is -2.45. The third kappa shape index (κ3) is 4.07. The van der Waals surface area contributed by atoms with Crippen molar-refractivity contribution < 1.29 is 18.0 Å². The molecule has 2 bridgehead atoms. The van der Waals surface area contributed by atoms with Gasteiger partial charge in [0.15, 0.2) is 0 Å². The Kier molecular flexibility index (Phi) is 4.35. The van der Waals surface area contributed by atoms with Crippen LogP contribution in [0.2, 0.25) is 0 Å². The third-order valence-electron chi connectivity index (χ3n) is 3.98. The zero-order valence-corrected chi connectivity index (χ0v) is 11.0.